The Hall–Kier alpha value is -4.37. The van der Waals surface area contributed by atoms with Crippen LogP contribution in [0.5, 0.6) is 0 Å². The van der Waals surface area contributed by atoms with Crippen molar-refractivity contribution in [2.45, 2.75) is 24.5 Å². The molecule has 1 atom stereocenters. The molecular formula is C28H24N6O2S. The van der Waals surface area contributed by atoms with E-state index in [9.17, 15) is 9.59 Å². The Kier molecular flexibility index (Phi) is 5.97. The summed E-state index contributed by atoms with van der Waals surface area (Å²) in [6.45, 7) is 2.00. The van der Waals surface area contributed by atoms with E-state index in [2.05, 4.69) is 15.7 Å². The van der Waals surface area contributed by atoms with Crippen molar-refractivity contribution in [3.8, 4) is 5.69 Å². The van der Waals surface area contributed by atoms with E-state index in [0.29, 0.717) is 27.6 Å². The highest BCUT2D eigenvalue weighted by molar-refractivity contribution is 7.99. The highest BCUT2D eigenvalue weighted by Gasteiger charge is 2.29. The van der Waals surface area contributed by atoms with Gasteiger partial charge in [0, 0.05) is 29.2 Å². The number of hydrogen-bond donors (Lipinski definition) is 2. The predicted octanol–water partition coefficient (Wildman–Crippen LogP) is 5.31. The number of nitrogens with one attached hydrogen (secondary N) is 2. The number of para-hydroxylation sites is 2. The average Bonchev–Trinajstić information content (AvgIpc) is 3.51. The molecule has 1 unspecified atom stereocenters. The smallest absolute Gasteiger partial charge is 0.265 e. The Morgan fingerprint density at radius 2 is 1.68 bits per heavy atom. The molecule has 0 bridgehead atoms. The van der Waals surface area contributed by atoms with Crippen LogP contribution in [-0.4, -0.2) is 31.0 Å². The standard InChI is InChI=1S/C28H24N6O2S/c1-18-7-5-6-10-24(18)34-26-23(16-29-34)27(36)33-22(17-37-28(33)32-26)15-25(35)31-21-13-11-20(12-14-21)30-19-8-3-2-4-9-19/h2-14,16,22,30H,15,17H2,1H3,(H,31,35). The first-order valence-electron chi connectivity index (χ1n) is 12.0. The number of aryl methyl sites for hydroxylation is 1. The number of carbonyl (C=O) groups excluding carboxylic acids is 1. The normalized spacial score (nSPS) is 14.5. The van der Waals surface area contributed by atoms with Crippen LogP contribution in [0, 0.1) is 6.92 Å². The van der Waals surface area contributed by atoms with Gasteiger partial charge in [0.1, 0.15) is 5.39 Å². The lowest BCUT2D eigenvalue weighted by Crippen LogP contribution is -2.27. The quantitative estimate of drug-likeness (QED) is 0.302. The zero-order valence-electron chi connectivity index (χ0n) is 20.1. The van der Waals surface area contributed by atoms with Crippen LogP contribution in [0.15, 0.2) is 95.0 Å². The topological polar surface area (TPSA) is 93.8 Å². The molecule has 1 aliphatic heterocycles. The molecule has 0 aliphatic carbocycles. The maximum Gasteiger partial charge on any atom is 0.265 e. The number of benzene rings is 3. The summed E-state index contributed by atoms with van der Waals surface area (Å²) in [7, 11) is 0. The number of rotatable bonds is 6. The molecule has 0 saturated carbocycles. The summed E-state index contributed by atoms with van der Waals surface area (Å²) in [5.74, 6) is 0.463. The van der Waals surface area contributed by atoms with Crippen LogP contribution in [0.1, 0.15) is 18.0 Å². The van der Waals surface area contributed by atoms with Gasteiger partial charge in [0.2, 0.25) is 5.91 Å². The van der Waals surface area contributed by atoms with Crippen LogP contribution in [0.2, 0.25) is 0 Å². The Morgan fingerprint density at radius 3 is 2.46 bits per heavy atom. The Labute approximate surface area is 217 Å². The molecule has 1 amide bonds. The molecule has 2 N–H and O–H groups in total. The van der Waals surface area contributed by atoms with Crippen molar-refractivity contribution in [1.29, 1.82) is 0 Å². The molecule has 37 heavy (non-hydrogen) atoms. The highest BCUT2D eigenvalue weighted by Crippen LogP contribution is 2.34. The van der Waals surface area contributed by atoms with E-state index in [0.717, 1.165) is 22.6 Å². The molecule has 5 aromatic rings. The van der Waals surface area contributed by atoms with E-state index in [1.807, 2.05) is 85.8 Å². The molecular weight excluding hydrogens is 484 g/mol. The van der Waals surface area contributed by atoms with Gasteiger partial charge < -0.3 is 10.6 Å². The molecule has 2 aromatic heterocycles. The minimum Gasteiger partial charge on any atom is -0.356 e. The van der Waals surface area contributed by atoms with Gasteiger partial charge in [-0.15, -0.1) is 0 Å². The molecule has 6 rings (SSSR count). The second kappa shape index (κ2) is 9.59. The van der Waals surface area contributed by atoms with Gasteiger partial charge in [0.25, 0.3) is 5.56 Å². The Morgan fingerprint density at radius 1 is 0.973 bits per heavy atom. The van der Waals surface area contributed by atoms with E-state index in [4.69, 9.17) is 4.98 Å². The van der Waals surface area contributed by atoms with Gasteiger partial charge in [-0.05, 0) is 55.0 Å². The van der Waals surface area contributed by atoms with Crippen molar-refractivity contribution in [3.05, 3.63) is 101 Å². The van der Waals surface area contributed by atoms with Crippen LogP contribution in [-0.2, 0) is 4.79 Å². The first-order valence-corrected chi connectivity index (χ1v) is 13.0. The number of fused-ring (bicyclic) bond motifs is 2. The molecule has 9 heteroatoms. The van der Waals surface area contributed by atoms with Crippen molar-refractivity contribution >= 4 is 45.8 Å². The van der Waals surface area contributed by atoms with Crippen molar-refractivity contribution in [2.24, 2.45) is 0 Å². The lowest BCUT2D eigenvalue weighted by atomic mass is 10.2. The van der Waals surface area contributed by atoms with Crippen LogP contribution in [0.3, 0.4) is 0 Å². The van der Waals surface area contributed by atoms with E-state index < -0.39 is 0 Å². The third-order valence-electron chi connectivity index (χ3n) is 6.37. The fourth-order valence-corrected chi connectivity index (χ4v) is 5.64. The third kappa shape index (κ3) is 4.49. The predicted molar refractivity (Wildman–Crippen MR) is 147 cm³/mol. The number of thioether (sulfide) groups is 1. The maximum absolute atomic E-state index is 13.4. The van der Waals surface area contributed by atoms with Crippen LogP contribution < -0.4 is 16.2 Å². The number of carbonyl (C=O) groups is 1. The van der Waals surface area contributed by atoms with E-state index in [1.165, 1.54) is 11.8 Å². The van der Waals surface area contributed by atoms with Crippen molar-refractivity contribution < 1.29 is 4.79 Å². The average molecular weight is 509 g/mol. The lowest BCUT2D eigenvalue weighted by molar-refractivity contribution is -0.116. The molecule has 0 spiro atoms. The zero-order valence-corrected chi connectivity index (χ0v) is 20.9. The Balaban J connectivity index is 1.18. The van der Waals surface area contributed by atoms with E-state index >= 15 is 0 Å². The first-order chi connectivity index (χ1) is 18.1. The number of aromatic nitrogens is 4. The first kappa shape index (κ1) is 23.1. The summed E-state index contributed by atoms with van der Waals surface area (Å²) < 4.78 is 3.35. The fraction of sp³-hybridized carbons (Fsp3) is 0.143. The van der Waals surface area contributed by atoms with Crippen molar-refractivity contribution in [2.75, 3.05) is 16.4 Å². The highest BCUT2D eigenvalue weighted by atomic mass is 32.2. The maximum atomic E-state index is 13.4. The van der Waals surface area contributed by atoms with Crippen LogP contribution in [0.4, 0.5) is 17.1 Å². The Bertz CT molecular complexity index is 1660. The number of amides is 1. The number of hydrogen-bond acceptors (Lipinski definition) is 6. The minimum atomic E-state index is -0.273. The van der Waals surface area contributed by atoms with E-state index in [-0.39, 0.29) is 23.9 Å². The van der Waals surface area contributed by atoms with Gasteiger partial charge in [-0.25, -0.2) is 9.67 Å². The van der Waals surface area contributed by atoms with Crippen LogP contribution in [0.25, 0.3) is 16.7 Å². The lowest BCUT2D eigenvalue weighted by Gasteiger charge is -2.14. The van der Waals surface area contributed by atoms with Gasteiger partial charge in [-0.1, -0.05) is 48.2 Å². The van der Waals surface area contributed by atoms with Gasteiger partial charge in [0.15, 0.2) is 10.8 Å². The van der Waals surface area contributed by atoms with Gasteiger partial charge in [0.05, 0.1) is 17.9 Å². The van der Waals surface area contributed by atoms with Crippen molar-refractivity contribution in [1.82, 2.24) is 19.3 Å². The molecule has 1 aliphatic rings. The monoisotopic (exact) mass is 508 g/mol. The minimum absolute atomic E-state index is 0.148. The van der Waals surface area contributed by atoms with Gasteiger partial charge >= 0.3 is 0 Å². The molecule has 0 saturated heterocycles. The molecule has 0 fully saturated rings. The summed E-state index contributed by atoms with van der Waals surface area (Å²) in [6, 6.07) is 25.0. The van der Waals surface area contributed by atoms with Crippen LogP contribution >= 0.6 is 11.8 Å². The number of anilines is 3. The van der Waals surface area contributed by atoms with Gasteiger partial charge in [-0.3, -0.25) is 14.2 Å². The summed E-state index contributed by atoms with van der Waals surface area (Å²) >= 11 is 1.49. The zero-order chi connectivity index (χ0) is 25.4. The second-order valence-electron chi connectivity index (χ2n) is 8.94. The fourth-order valence-electron chi connectivity index (χ4n) is 4.51. The molecule has 8 nitrogen and oxygen atoms in total. The SMILES string of the molecule is Cc1ccccc1-n1ncc2c(=O)n3c(nc21)SCC3CC(=O)Nc1ccc(Nc2ccccc2)cc1. The van der Waals surface area contributed by atoms with Crippen molar-refractivity contribution in [3.63, 3.8) is 0 Å². The summed E-state index contributed by atoms with van der Waals surface area (Å²) in [5.41, 5.74) is 4.92. The molecule has 3 aromatic carbocycles. The van der Waals surface area contributed by atoms with E-state index in [1.54, 1.807) is 15.4 Å². The summed E-state index contributed by atoms with van der Waals surface area (Å²) in [6.07, 6.45) is 1.75. The molecule has 0 radical (unpaired) electrons. The third-order valence-corrected chi connectivity index (χ3v) is 7.46. The largest absolute Gasteiger partial charge is 0.356 e. The summed E-state index contributed by atoms with van der Waals surface area (Å²) in [4.78, 5) is 31.0. The second-order valence-corrected chi connectivity index (χ2v) is 9.92. The molecule has 184 valence electrons. The number of nitrogens with zero attached hydrogens (tertiary/aromatic N) is 4. The summed E-state index contributed by atoms with van der Waals surface area (Å²) in [5, 5.41) is 11.8. The van der Waals surface area contributed by atoms with Gasteiger partial charge in [-0.2, -0.15) is 5.10 Å². The molecule has 3 heterocycles.